The van der Waals surface area contributed by atoms with Gasteiger partial charge in [0, 0.05) is 24.4 Å². The first kappa shape index (κ1) is 9.75. The molecule has 4 heteroatoms. The molecule has 1 saturated heterocycles. The van der Waals surface area contributed by atoms with Gasteiger partial charge in [-0.05, 0) is 6.42 Å². The summed E-state index contributed by atoms with van der Waals surface area (Å²) >= 11 is 1.90. The zero-order valence-corrected chi connectivity index (χ0v) is 9.85. The molecule has 3 heterocycles. The minimum atomic E-state index is 0.672. The third-order valence-corrected chi connectivity index (χ3v) is 4.47. The van der Waals surface area contributed by atoms with Crippen molar-refractivity contribution in [2.75, 3.05) is 19.8 Å². The van der Waals surface area contributed by atoms with Gasteiger partial charge in [0.25, 0.3) is 0 Å². The summed E-state index contributed by atoms with van der Waals surface area (Å²) in [4.78, 5) is 8.70. The van der Waals surface area contributed by atoms with Crippen LogP contribution < -0.4 is 0 Å². The molecule has 0 bridgehead atoms. The summed E-state index contributed by atoms with van der Waals surface area (Å²) in [6, 6.07) is 0.672. The van der Waals surface area contributed by atoms with Crippen molar-refractivity contribution in [3.8, 4) is 0 Å². The molecule has 0 saturated carbocycles. The largest absolute Gasteiger partial charge is 0.378 e. The highest BCUT2D eigenvalue weighted by molar-refractivity contribution is 7.11. The molecule has 0 aliphatic carbocycles. The lowest BCUT2D eigenvalue weighted by Crippen LogP contribution is -2.50. The zero-order valence-electron chi connectivity index (χ0n) is 9.03. The molecule has 0 amide bonds. The van der Waals surface area contributed by atoms with E-state index in [1.165, 1.54) is 15.6 Å². The predicted molar refractivity (Wildman–Crippen MR) is 60.2 cm³/mol. The molecule has 2 aliphatic heterocycles. The molecule has 15 heavy (non-hydrogen) atoms. The number of fused-ring (bicyclic) bond motifs is 1. The fourth-order valence-electron chi connectivity index (χ4n) is 2.17. The van der Waals surface area contributed by atoms with Gasteiger partial charge in [-0.25, -0.2) is 4.98 Å². The van der Waals surface area contributed by atoms with Gasteiger partial charge in [0.1, 0.15) is 0 Å². The molecule has 0 N–H and O–H groups in total. The number of rotatable bonds is 2. The van der Waals surface area contributed by atoms with Crippen LogP contribution in [0.2, 0.25) is 0 Å². The predicted octanol–water partition coefficient (Wildman–Crippen LogP) is 1.46. The summed E-state index contributed by atoms with van der Waals surface area (Å²) < 4.78 is 5.25. The van der Waals surface area contributed by atoms with Crippen molar-refractivity contribution in [3.05, 3.63) is 15.6 Å². The molecule has 3 nitrogen and oxygen atoms in total. The van der Waals surface area contributed by atoms with E-state index in [1.807, 2.05) is 11.3 Å². The Morgan fingerprint density at radius 1 is 1.53 bits per heavy atom. The lowest BCUT2D eigenvalue weighted by atomic mass is 10.1. The maximum absolute atomic E-state index is 5.25. The second-order valence-corrected chi connectivity index (χ2v) is 5.41. The summed E-state index contributed by atoms with van der Waals surface area (Å²) in [5, 5.41) is 1.30. The van der Waals surface area contributed by atoms with Gasteiger partial charge in [0.15, 0.2) is 0 Å². The van der Waals surface area contributed by atoms with Crippen LogP contribution in [0.15, 0.2) is 0 Å². The molecule has 0 aromatic carbocycles. The maximum atomic E-state index is 5.25. The molecule has 1 aromatic rings. The summed E-state index contributed by atoms with van der Waals surface area (Å²) in [5.41, 5.74) is 1.35. The van der Waals surface area contributed by atoms with Crippen molar-refractivity contribution >= 4 is 11.3 Å². The lowest BCUT2D eigenvalue weighted by Gasteiger charge is -2.38. The monoisotopic (exact) mass is 224 g/mol. The average molecular weight is 224 g/mol. The van der Waals surface area contributed by atoms with E-state index >= 15 is 0 Å². The Kier molecular flexibility index (Phi) is 2.50. The van der Waals surface area contributed by atoms with E-state index < -0.39 is 0 Å². The standard InChI is InChI=1S/C11H16N2OS/c1-2-11-12-9-3-4-13(5-10(9)15-11)8-6-14-7-8/h8H,2-7H2,1H3. The van der Waals surface area contributed by atoms with E-state index in [9.17, 15) is 0 Å². The second kappa shape index (κ2) is 3.85. The van der Waals surface area contributed by atoms with Crippen LogP contribution in [0.5, 0.6) is 0 Å². The fraction of sp³-hybridized carbons (Fsp3) is 0.727. The number of nitrogens with zero attached hydrogens (tertiary/aromatic N) is 2. The first-order valence-corrected chi connectivity index (χ1v) is 6.47. The van der Waals surface area contributed by atoms with Crippen LogP contribution in [0.4, 0.5) is 0 Å². The Hall–Kier alpha value is -0.450. The van der Waals surface area contributed by atoms with Gasteiger partial charge >= 0.3 is 0 Å². The Morgan fingerprint density at radius 3 is 3.07 bits per heavy atom. The molecule has 2 aliphatic rings. The molecule has 1 aromatic heterocycles. The van der Waals surface area contributed by atoms with Crippen molar-refractivity contribution in [2.45, 2.75) is 32.4 Å². The summed E-state index contributed by atoms with van der Waals surface area (Å²) in [6.07, 6.45) is 2.20. The number of ether oxygens (including phenoxy) is 1. The highest BCUT2D eigenvalue weighted by Crippen LogP contribution is 2.27. The molecule has 1 fully saturated rings. The smallest absolute Gasteiger partial charge is 0.0928 e. The van der Waals surface area contributed by atoms with E-state index in [0.29, 0.717) is 6.04 Å². The second-order valence-electron chi connectivity index (χ2n) is 4.24. The normalized spacial score (nSPS) is 22.5. The van der Waals surface area contributed by atoms with Crippen molar-refractivity contribution in [3.63, 3.8) is 0 Å². The van der Waals surface area contributed by atoms with Gasteiger partial charge < -0.3 is 4.74 Å². The van der Waals surface area contributed by atoms with Crippen molar-refractivity contribution in [1.82, 2.24) is 9.88 Å². The third kappa shape index (κ3) is 1.71. The fourth-order valence-corrected chi connectivity index (χ4v) is 3.25. The molecule has 0 atom stereocenters. The number of hydrogen-bond acceptors (Lipinski definition) is 4. The van der Waals surface area contributed by atoms with Crippen LogP contribution in [-0.2, 0) is 24.1 Å². The van der Waals surface area contributed by atoms with Crippen LogP contribution in [0, 0.1) is 0 Å². The van der Waals surface area contributed by atoms with Crippen LogP contribution in [0.3, 0.4) is 0 Å². The van der Waals surface area contributed by atoms with Crippen molar-refractivity contribution in [1.29, 1.82) is 0 Å². The van der Waals surface area contributed by atoms with E-state index in [2.05, 4.69) is 16.8 Å². The topological polar surface area (TPSA) is 25.4 Å². The first-order chi connectivity index (χ1) is 7.36. The summed E-state index contributed by atoms with van der Waals surface area (Å²) in [7, 11) is 0. The average Bonchev–Trinajstić information content (AvgIpc) is 2.57. The van der Waals surface area contributed by atoms with Crippen molar-refractivity contribution in [2.24, 2.45) is 0 Å². The lowest BCUT2D eigenvalue weighted by molar-refractivity contribution is -0.0692. The van der Waals surface area contributed by atoms with Crippen molar-refractivity contribution < 1.29 is 4.74 Å². The number of thiazole rings is 1. The maximum Gasteiger partial charge on any atom is 0.0928 e. The van der Waals surface area contributed by atoms with Gasteiger partial charge in [-0.3, -0.25) is 4.90 Å². The SMILES string of the molecule is CCc1nc2c(s1)CN(C1COC1)CC2. The molecule has 0 spiro atoms. The van der Waals surface area contributed by atoms with Gasteiger partial charge in [0.2, 0.25) is 0 Å². The van der Waals surface area contributed by atoms with Gasteiger partial charge in [0.05, 0.1) is 30.0 Å². The molecule has 82 valence electrons. The Balaban J connectivity index is 1.76. The van der Waals surface area contributed by atoms with Gasteiger partial charge in [-0.2, -0.15) is 0 Å². The van der Waals surface area contributed by atoms with E-state index in [4.69, 9.17) is 4.74 Å². The summed E-state index contributed by atoms with van der Waals surface area (Å²) in [6.45, 7) is 6.29. The molecular formula is C11H16N2OS. The Morgan fingerprint density at radius 2 is 2.40 bits per heavy atom. The Bertz CT molecular complexity index is 359. The zero-order chi connectivity index (χ0) is 10.3. The van der Waals surface area contributed by atoms with Crippen LogP contribution in [0.25, 0.3) is 0 Å². The Labute approximate surface area is 94.1 Å². The van der Waals surface area contributed by atoms with E-state index in [0.717, 1.165) is 39.1 Å². The van der Waals surface area contributed by atoms with E-state index in [-0.39, 0.29) is 0 Å². The molecule has 0 unspecified atom stereocenters. The van der Waals surface area contributed by atoms with Crippen LogP contribution in [-0.4, -0.2) is 35.7 Å². The first-order valence-electron chi connectivity index (χ1n) is 5.66. The van der Waals surface area contributed by atoms with Crippen LogP contribution in [0.1, 0.15) is 22.5 Å². The van der Waals surface area contributed by atoms with E-state index in [1.54, 1.807) is 0 Å². The van der Waals surface area contributed by atoms with Gasteiger partial charge in [-0.15, -0.1) is 11.3 Å². The summed E-state index contributed by atoms with van der Waals surface area (Å²) in [5.74, 6) is 0. The minimum absolute atomic E-state index is 0.672. The third-order valence-electron chi connectivity index (χ3n) is 3.24. The minimum Gasteiger partial charge on any atom is -0.378 e. The van der Waals surface area contributed by atoms with Gasteiger partial charge in [-0.1, -0.05) is 6.92 Å². The number of aryl methyl sites for hydroxylation is 1. The molecule has 0 radical (unpaired) electrons. The van der Waals surface area contributed by atoms with Crippen LogP contribution >= 0.6 is 11.3 Å². The molecular weight excluding hydrogens is 208 g/mol. The highest BCUT2D eigenvalue weighted by atomic mass is 32.1. The highest BCUT2D eigenvalue weighted by Gasteiger charge is 2.30. The quantitative estimate of drug-likeness (QED) is 0.760. The number of hydrogen-bond donors (Lipinski definition) is 0. The number of aromatic nitrogens is 1. The molecule has 3 rings (SSSR count).